The van der Waals surface area contributed by atoms with Gasteiger partial charge >= 0.3 is 23.8 Å². The zero-order chi connectivity index (χ0) is 20.8. The Morgan fingerprint density at radius 2 is 1.54 bits per heavy atom. The molecule has 0 bridgehead atoms. The van der Waals surface area contributed by atoms with E-state index in [2.05, 4.69) is 15.5 Å². The Hall–Kier alpha value is -3.34. The van der Waals surface area contributed by atoms with Crippen LogP contribution in [0.1, 0.15) is 0 Å². The summed E-state index contributed by atoms with van der Waals surface area (Å²) in [7, 11) is 0.743. The number of nitrogens with one attached hydrogen (secondary N) is 4. The van der Waals surface area contributed by atoms with Crippen molar-refractivity contribution in [3.8, 4) is 0 Å². The van der Waals surface area contributed by atoms with Crippen LogP contribution in [0.15, 0.2) is 54.6 Å². The number of halogens is 4. The van der Waals surface area contributed by atoms with Gasteiger partial charge in [0, 0.05) is 11.4 Å². The molecule has 0 spiro atoms. The molecule has 4 N–H and O–H groups in total. The minimum Gasteiger partial charge on any atom is -0.466 e. The molecule has 150 valence electrons. The van der Waals surface area contributed by atoms with Crippen LogP contribution >= 0.6 is 0 Å². The summed E-state index contributed by atoms with van der Waals surface area (Å²) in [6.07, 6.45) is -5.29. The number of carbonyl (C=O) groups is 2. The highest BCUT2D eigenvalue weighted by atomic mass is 19.4. The van der Waals surface area contributed by atoms with E-state index in [-0.39, 0.29) is 11.4 Å². The van der Waals surface area contributed by atoms with Crippen molar-refractivity contribution >= 4 is 23.4 Å². The number of hydrogen-bond donors (Lipinski definition) is 4. The fourth-order valence-electron chi connectivity index (χ4n) is 2.10. The molecule has 2 aromatic rings. The molecule has 11 heteroatoms. The highest BCUT2D eigenvalue weighted by Crippen LogP contribution is 2.30. The molecular formula is C17H16F4N4O3. The number of benzene rings is 2. The Morgan fingerprint density at radius 3 is 2.07 bits per heavy atom. The van der Waals surface area contributed by atoms with E-state index in [4.69, 9.17) is 0 Å². The summed E-state index contributed by atoms with van der Waals surface area (Å²) in [5.74, 6) is -2.41. The number of hydrogen-bond acceptors (Lipinski definition) is 5. The number of ether oxygens (including phenoxy) is 1. The fraction of sp³-hybridized carbons (Fsp3) is 0.176. The van der Waals surface area contributed by atoms with Crippen molar-refractivity contribution in [2.24, 2.45) is 0 Å². The van der Waals surface area contributed by atoms with Crippen LogP contribution in [0, 0.1) is 5.82 Å². The van der Waals surface area contributed by atoms with Crippen LogP contribution in [0.2, 0.25) is 0 Å². The number of para-hydroxylation sites is 1. The van der Waals surface area contributed by atoms with Gasteiger partial charge in [-0.1, -0.05) is 18.2 Å². The summed E-state index contributed by atoms with van der Waals surface area (Å²) >= 11 is 0. The van der Waals surface area contributed by atoms with Crippen LogP contribution in [0.25, 0.3) is 0 Å². The lowest BCUT2D eigenvalue weighted by Gasteiger charge is -2.34. The lowest BCUT2D eigenvalue weighted by atomic mass is 10.1. The van der Waals surface area contributed by atoms with E-state index in [1.807, 2.05) is 0 Å². The number of hydrazine groups is 1. The van der Waals surface area contributed by atoms with E-state index in [1.54, 1.807) is 23.6 Å². The molecule has 28 heavy (non-hydrogen) atoms. The van der Waals surface area contributed by atoms with Gasteiger partial charge in [-0.25, -0.2) is 14.0 Å². The molecule has 1 atom stereocenters. The number of methoxy groups -OCH3 is 1. The minimum atomic E-state index is -5.29. The third kappa shape index (κ3) is 4.88. The Bertz CT molecular complexity index is 815. The number of amides is 2. The van der Waals surface area contributed by atoms with Crippen LogP contribution < -0.4 is 21.5 Å². The number of carbonyl (C=O) groups excluding carboxylic acids is 2. The van der Waals surface area contributed by atoms with Crippen LogP contribution in [-0.2, 0) is 9.53 Å². The summed E-state index contributed by atoms with van der Waals surface area (Å²) in [6.45, 7) is 0. The zero-order valence-electron chi connectivity index (χ0n) is 14.4. The van der Waals surface area contributed by atoms with Crippen LogP contribution in [0.4, 0.5) is 33.7 Å². The lowest BCUT2D eigenvalue weighted by Crippen LogP contribution is -2.74. The number of urea groups is 1. The maximum Gasteiger partial charge on any atom is 0.438 e. The molecule has 0 saturated heterocycles. The molecule has 0 aliphatic rings. The molecule has 0 aliphatic heterocycles. The van der Waals surface area contributed by atoms with Gasteiger partial charge in [-0.3, -0.25) is 0 Å². The highest BCUT2D eigenvalue weighted by molar-refractivity contribution is 5.94. The third-order valence-corrected chi connectivity index (χ3v) is 3.49. The van der Waals surface area contributed by atoms with E-state index in [0.717, 1.165) is 31.4 Å². The summed E-state index contributed by atoms with van der Waals surface area (Å²) in [5, 5.41) is 3.62. The molecule has 0 aliphatic carbocycles. The summed E-state index contributed by atoms with van der Waals surface area (Å²) in [5.41, 5.74) is 0.601. The highest BCUT2D eigenvalue weighted by Gasteiger charge is 2.63. The van der Waals surface area contributed by atoms with Crippen molar-refractivity contribution in [3.63, 3.8) is 0 Å². The average molecular weight is 400 g/mol. The number of alkyl halides is 3. The topological polar surface area (TPSA) is 91.5 Å². The predicted octanol–water partition coefficient (Wildman–Crippen LogP) is 3.00. The summed E-state index contributed by atoms with van der Waals surface area (Å²) < 4.78 is 58.5. The van der Waals surface area contributed by atoms with Crippen molar-refractivity contribution in [2.45, 2.75) is 11.8 Å². The van der Waals surface area contributed by atoms with E-state index in [0.29, 0.717) is 0 Å². The maximum absolute atomic E-state index is 13.8. The van der Waals surface area contributed by atoms with Gasteiger partial charge in [0.25, 0.3) is 0 Å². The number of esters is 1. The molecule has 2 rings (SSSR count). The first-order valence-corrected chi connectivity index (χ1v) is 7.76. The van der Waals surface area contributed by atoms with Crippen molar-refractivity contribution in [1.82, 2.24) is 10.7 Å². The van der Waals surface area contributed by atoms with Gasteiger partial charge in [0.1, 0.15) is 5.82 Å². The summed E-state index contributed by atoms with van der Waals surface area (Å²) in [4.78, 5) is 24.1. The fourth-order valence-corrected chi connectivity index (χ4v) is 2.10. The van der Waals surface area contributed by atoms with E-state index in [9.17, 15) is 27.2 Å². The van der Waals surface area contributed by atoms with Crippen molar-refractivity contribution in [2.75, 3.05) is 17.9 Å². The second-order valence-electron chi connectivity index (χ2n) is 5.44. The number of rotatable bonds is 6. The Balaban J connectivity index is 2.26. The molecule has 0 radical (unpaired) electrons. The van der Waals surface area contributed by atoms with Gasteiger partial charge in [0.15, 0.2) is 0 Å². The third-order valence-electron chi connectivity index (χ3n) is 3.49. The minimum absolute atomic E-state index is 0.0101. The molecule has 0 heterocycles. The largest absolute Gasteiger partial charge is 0.466 e. The van der Waals surface area contributed by atoms with Crippen LogP contribution in [0.5, 0.6) is 0 Å². The van der Waals surface area contributed by atoms with Gasteiger partial charge in [0.05, 0.1) is 7.11 Å². The van der Waals surface area contributed by atoms with E-state index in [1.165, 1.54) is 17.4 Å². The van der Waals surface area contributed by atoms with Crippen molar-refractivity contribution in [1.29, 1.82) is 0 Å². The van der Waals surface area contributed by atoms with E-state index < -0.39 is 29.7 Å². The molecule has 0 unspecified atom stereocenters. The van der Waals surface area contributed by atoms with Gasteiger partial charge in [0.2, 0.25) is 0 Å². The second kappa shape index (κ2) is 8.57. The number of anilines is 2. The molecule has 2 amide bonds. The Kier molecular flexibility index (Phi) is 6.41. The molecule has 7 nitrogen and oxygen atoms in total. The predicted molar refractivity (Wildman–Crippen MR) is 92.6 cm³/mol. The zero-order valence-corrected chi connectivity index (χ0v) is 14.4. The molecular weight excluding hydrogens is 384 g/mol. The second-order valence-corrected chi connectivity index (χ2v) is 5.44. The maximum atomic E-state index is 13.8. The molecule has 0 aromatic heterocycles. The van der Waals surface area contributed by atoms with Gasteiger partial charge in [-0.05, 0) is 36.4 Å². The molecule has 0 saturated carbocycles. The van der Waals surface area contributed by atoms with Crippen LogP contribution in [-0.4, -0.2) is 30.9 Å². The quantitative estimate of drug-likeness (QED) is 0.259. The smallest absolute Gasteiger partial charge is 0.438 e. The standard InChI is InChI=1S/C17H16F4N4O3/c1-28-14(26)16(17(19,20)21,25-24-13-5-3-2-4-6-13)23-15(27)22-12-9-7-11(18)8-10-12/h2-10,24-25H,1H3,(H2,22,23,27)/t16-/m0/s1. The van der Waals surface area contributed by atoms with Gasteiger partial charge < -0.3 is 20.8 Å². The average Bonchev–Trinajstić information content (AvgIpc) is 2.66. The van der Waals surface area contributed by atoms with Crippen molar-refractivity contribution < 1.29 is 31.9 Å². The van der Waals surface area contributed by atoms with E-state index >= 15 is 0 Å². The van der Waals surface area contributed by atoms with Gasteiger partial charge in [-0.15, -0.1) is 0 Å². The Morgan fingerprint density at radius 1 is 0.929 bits per heavy atom. The first-order chi connectivity index (χ1) is 13.2. The monoisotopic (exact) mass is 400 g/mol. The van der Waals surface area contributed by atoms with Crippen LogP contribution in [0.3, 0.4) is 0 Å². The SMILES string of the molecule is COC(=O)[C@@](NNc1ccccc1)(NC(=O)Nc1ccc(F)cc1)C(F)(F)F. The Labute approximate surface area is 157 Å². The lowest BCUT2D eigenvalue weighted by molar-refractivity contribution is -0.215. The first-order valence-electron chi connectivity index (χ1n) is 7.76. The molecule has 0 fully saturated rings. The van der Waals surface area contributed by atoms with Gasteiger partial charge in [-0.2, -0.15) is 18.6 Å². The normalized spacial score (nSPS) is 13.2. The summed E-state index contributed by atoms with van der Waals surface area (Å²) in [6, 6.07) is 10.5. The molecule has 2 aromatic carbocycles. The first kappa shape index (κ1) is 21.0. The van der Waals surface area contributed by atoms with Crippen molar-refractivity contribution in [3.05, 3.63) is 60.4 Å².